The van der Waals surface area contributed by atoms with Crippen molar-refractivity contribution < 1.29 is 9.53 Å². The number of carbonyl (C=O) groups excluding carboxylic acids is 1. The minimum absolute atomic E-state index is 0.0196. The van der Waals surface area contributed by atoms with E-state index in [4.69, 9.17) is 4.74 Å². The molecule has 2 N–H and O–H groups in total. The lowest BCUT2D eigenvalue weighted by atomic mass is 9.99. The number of hydrogen-bond acceptors (Lipinski definition) is 4. The number of ether oxygens (including phenoxy) is 1. The molecule has 2 aliphatic rings. The first kappa shape index (κ1) is 14.4. The summed E-state index contributed by atoms with van der Waals surface area (Å²) in [5.74, 6) is 0.0374. The minimum Gasteiger partial charge on any atom is -0.378 e. The third-order valence-electron chi connectivity index (χ3n) is 4.77. The number of aromatic amines is 1. The molecule has 6 heteroatoms. The molecule has 2 aromatic rings. The molecule has 2 atom stereocenters. The van der Waals surface area contributed by atoms with Crippen molar-refractivity contribution in [1.29, 1.82) is 0 Å². The number of carbonyl (C=O) groups is 1. The zero-order valence-electron chi connectivity index (χ0n) is 12.9. The second-order valence-corrected chi connectivity index (χ2v) is 6.09. The maximum absolute atomic E-state index is 12.7. The molecule has 0 spiro atoms. The molecular weight excluding hydrogens is 292 g/mol. The molecular formula is C17H20N4O2. The van der Waals surface area contributed by atoms with E-state index in [1.807, 2.05) is 30.3 Å². The Kier molecular flexibility index (Phi) is 3.85. The quantitative estimate of drug-likeness (QED) is 0.905. The average Bonchev–Trinajstić information content (AvgIpc) is 3.22. The first-order valence-electron chi connectivity index (χ1n) is 8.04. The van der Waals surface area contributed by atoms with E-state index in [0.29, 0.717) is 6.61 Å². The van der Waals surface area contributed by atoms with Crippen molar-refractivity contribution in [3.8, 4) is 11.3 Å². The number of anilines is 1. The molecule has 2 aliphatic heterocycles. The topological polar surface area (TPSA) is 70.2 Å². The van der Waals surface area contributed by atoms with Crippen molar-refractivity contribution in [2.75, 3.05) is 31.6 Å². The molecule has 0 aliphatic carbocycles. The molecule has 6 nitrogen and oxygen atoms in total. The van der Waals surface area contributed by atoms with Crippen molar-refractivity contribution in [2.45, 2.75) is 12.5 Å². The Hall–Kier alpha value is -2.18. The molecule has 1 aromatic heterocycles. The van der Waals surface area contributed by atoms with Gasteiger partial charge in [-0.1, -0.05) is 30.3 Å². The van der Waals surface area contributed by atoms with E-state index >= 15 is 0 Å². The highest BCUT2D eigenvalue weighted by atomic mass is 16.5. The van der Waals surface area contributed by atoms with Crippen LogP contribution in [-0.2, 0) is 9.53 Å². The maximum Gasteiger partial charge on any atom is 0.229 e. The molecule has 2 fully saturated rings. The van der Waals surface area contributed by atoms with Gasteiger partial charge in [0.05, 0.1) is 36.7 Å². The number of H-pyrrole nitrogens is 1. The Balaban J connectivity index is 1.51. The summed E-state index contributed by atoms with van der Waals surface area (Å²) in [6.07, 6.45) is 2.56. The van der Waals surface area contributed by atoms with Crippen LogP contribution in [-0.4, -0.2) is 53.3 Å². The highest BCUT2D eigenvalue weighted by molar-refractivity contribution is 5.96. The highest BCUT2D eigenvalue weighted by Crippen LogP contribution is 2.30. The van der Waals surface area contributed by atoms with Crippen molar-refractivity contribution in [1.82, 2.24) is 15.1 Å². The van der Waals surface area contributed by atoms with Crippen molar-refractivity contribution >= 4 is 11.6 Å². The van der Waals surface area contributed by atoms with Gasteiger partial charge in [-0.15, -0.1) is 0 Å². The molecule has 2 unspecified atom stereocenters. The third kappa shape index (κ3) is 2.75. The van der Waals surface area contributed by atoms with E-state index in [0.717, 1.165) is 43.1 Å². The SMILES string of the molecule is O=C(Nc1cn[nH]c1-c1ccccc1)C1CCN2CCOCC12. The molecule has 1 amide bonds. The number of hydrogen-bond donors (Lipinski definition) is 2. The largest absolute Gasteiger partial charge is 0.378 e. The summed E-state index contributed by atoms with van der Waals surface area (Å²) in [6, 6.07) is 10.1. The van der Waals surface area contributed by atoms with Gasteiger partial charge in [0.15, 0.2) is 0 Å². The van der Waals surface area contributed by atoms with Gasteiger partial charge in [-0.3, -0.25) is 14.8 Å². The summed E-state index contributed by atoms with van der Waals surface area (Å²) >= 11 is 0. The van der Waals surface area contributed by atoms with Gasteiger partial charge in [-0.05, 0) is 13.0 Å². The van der Waals surface area contributed by atoms with E-state index in [-0.39, 0.29) is 17.9 Å². The van der Waals surface area contributed by atoms with E-state index in [2.05, 4.69) is 20.4 Å². The fourth-order valence-electron chi connectivity index (χ4n) is 3.54. The predicted octanol–water partition coefficient (Wildman–Crippen LogP) is 1.74. The van der Waals surface area contributed by atoms with E-state index in [1.54, 1.807) is 6.20 Å². The Morgan fingerprint density at radius 3 is 3.04 bits per heavy atom. The number of nitrogens with zero attached hydrogens (tertiary/aromatic N) is 2. The van der Waals surface area contributed by atoms with Gasteiger partial charge in [0, 0.05) is 18.2 Å². The standard InChI is InChI=1S/C17H20N4O2/c22-17(13-6-7-21-8-9-23-11-15(13)21)19-14-10-18-20-16(14)12-4-2-1-3-5-12/h1-5,10,13,15H,6-9,11H2,(H,18,20)(H,19,22). The fraction of sp³-hybridized carbons (Fsp3) is 0.412. The van der Waals surface area contributed by atoms with Crippen molar-refractivity contribution in [2.24, 2.45) is 5.92 Å². The smallest absolute Gasteiger partial charge is 0.229 e. The lowest BCUT2D eigenvalue weighted by Gasteiger charge is -2.31. The number of fused-ring (bicyclic) bond motifs is 1. The van der Waals surface area contributed by atoms with Crippen LogP contribution in [0.2, 0.25) is 0 Å². The number of benzene rings is 1. The Morgan fingerprint density at radius 2 is 2.17 bits per heavy atom. The summed E-state index contributed by atoms with van der Waals surface area (Å²) in [5, 5.41) is 10.1. The Morgan fingerprint density at radius 1 is 1.30 bits per heavy atom. The summed E-state index contributed by atoms with van der Waals surface area (Å²) in [4.78, 5) is 15.1. The van der Waals surface area contributed by atoms with Crippen LogP contribution >= 0.6 is 0 Å². The summed E-state index contributed by atoms with van der Waals surface area (Å²) in [5.41, 5.74) is 2.58. The van der Waals surface area contributed by atoms with Gasteiger partial charge in [-0.2, -0.15) is 5.10 Å². The first-order valence-corrected chi connectivity index (χ1v) is 8.04. The van der Waals surface area contributed by atoms with Crippen LogP contribution in [0.15, 0.2) is 36.5 Å². The van der Waals surface area contributed by atoms with Crippen LogP contribution in [0.5, 0.6) is 0 Å². The molecule has 0 bridgehead atoms. The number of morpholine rings is 1. The molecule has 0 saturated carbocycles. The molecule has 2 saturated heterocycles. The molecule has 1 aromatic carbocycles. The first-order chi connectivity index (χ1) is 11.3. The molecule has 3 heterocycles. The van der Waals surface area contributed by atoms with Gasteiger partial charge in [-0.25, -0.2) is 0 Å². The summed E-state index contributed by atoms with van der Waals surface area (Å²) in [7, 11) is 0. The zero-order chi connectivity index (χ0) is 15.6. The van der Waals surface area contributed by atoms with Crippen LogP contribution in [0.4, 0.5) is 5.69 Å². The van der Waals surface area contributed by atoms with E-state index in [1.165, 1.54) is 0 Å². The van der Waals surface area contributed by atoms with Gasteiger partial charge in [0.2, 0.25) is 5.91 Å². The monoisotopic (exact) mass is 312 g/mol. The van der Waals surface area contributed by atoms with Gasteiger partial charge in [0.25, 0.3) is 0 Å². The van der Waals surface area contributed by atoms with Crippen LogP contribution in [0.1, 0.15) is 6.42 Å². The van der Waals surface area contributed by atoms with Crippen molar-refractivity contribution in [3.63, 3.8) is 0 Å². The molecule has 120 valence electrons. The third-order valence-corrected chi connectivity index (χ3v) is 4.77. The lowest BCUT2D eigenvalue weighted by molar-refractivity contribution is -0.122. The van der Waals surface area contributed by atoms with E-state index < -0.39 is 0 Å². The van der Waals surface area contributed by atoms with Gasteiger partial charge >= 0.3 is 0 Å². The molecule has 23 heavy (non-hydrogen) atoms. The minimum atomic E-state index is -0.0196. The summed E-state index contributed by atoms with van der Waals surface area (Å²) < 4.78 is 5.55. The van der Waals surface area contributed by atoms with Gasteiger partial charge in [0.1, 0.15) is 0 Å². The average molecular weight is 312 g/mol. The number of amides is 1. The second-order valence-electron chi connectivity index (χ2n) is 6.09. The highest BCUT2D eigenvalue weighted by Gasteiger charge is 2.40. The van der Waals surface area contributed by atoms with Crippen molar-refractivity contribution in [3.05, 3.63) is 36.5 Å². The molecule has 4 rings (SSSR count). The number of rotatable bonds is 3. The van der Waals surface area contributed by atoms with Crippen LogP contribution in [0.25, 0.3) is 11.3 Å². The Labute approximate surface area is 134 Å². The normalized spacial score (nSPS) is 24.3. The number of nitrogens with one attached hydrogen (secondary N) is 2. The van der Waals surface area contributed by atoms with Crippen LogP contribution in [0, 0.1) is 5.92 Å². The zero-order valence-corrected chi connectivity index (χ0v) is 12.9. The maximum atomic E-state index is 12.7. The van der Waals surface area contributed by atoms with Crippen LogP contribution < -0.4 is 5.32 Å². The predicted molar refractivity (Wildman–Crippen MR) is 86.9 cm³/mol. The second kappa shape index (κ2) is 6.14. The summed E-state index contributed by atoms with van der Waals surface area (Å²) in [6.45, 7) is 3.32. The molecule has 0 radical (unpaired) electrons. The Bertz CT molecular complexity index is 685. The van der Waals surface area contributed by atoms with E-state index in [9.17, 15) is 4.79 Å². The fourth-order valence-corrected chi connectivity index (χ4v) is 3.54. The van der Waals surface area contributed by atoms with Gasteiger partial charge < -0.3 is 10.1 Å². The number of aromatic nitrogens is 2. The van der Waals surface area contributed by atoms with Crippen LogP contribution in [0.3, 0.4) is 0 Å². The lowest BCUT2D eigenvalue weighted by Crippen LogP contribution is -2.46.